The second kappa shape index (κ2) is 6.38. The summed E-state index contributed by atoms with van der Waals surface area (Å²) in [7, 11) is 0. The number of anilines is 1. The van der Waals surface area contributed by atoms with Crippen LogP contribution in [0.1, 0.15) is 5.56 Å². The van der Waals surface area contributed by atoms with E-state index in [1.54, 1.807) is 31.2 Å². The molecule has 0 saturated heterocycles. The summed E-state index contributed by atoms with van der Waals surface area (Å²) in [6, 6.07) is 9.19. The molecule has 0 atom stereocenters. The number of hydrogen-bond acceptors (Lipinski definition) is 3. The highest BCUT2D eigenvalue weighted by Gasteiger charge is 2.10. The van der Waals surface area contributed by atoms with Crippen molar-refractivity contribution in [3.63, 3.8) is 0 Å². The molecule has 0 saturated carbocycles. The van der Waals surface area contributed by atoms with Crippen LogP contribution in [-0.4, -0.2) is 11.7 Å². The first-order valence-corrected chi connectivity index (χ1v) is 6.92. The fourth-order valence-corrected chi connectivity index (χ4v) is 2.29. The van der Waals surface area contributed by atoms with E-state index in [-0.39, 0.29) is 11.7 Å². The summed E-state index contributed by atoms with van der Waals surface area (Å²) in [6.07, 6.45) is 1.37. The highest BCUT2D eigenvalue weighted by atomic mass is 32.2. The van der Waals surface area contributed by atoms with Crippen molar-refractivity contribution in [3.8, 4) is 0 Å². The molecule has 0 aliphatic carbocycles. The molecular formula is C14H13FN2O2S. The molecule has 0 aliphatic heterocycles. The largest absolute Gasteiger partial charge is 0.618 e. The van der Waals surface area contributed by atoms with Gasteiger partial charge in [0.25, 0.3) is 5.03 Å². The van der Waals surface area contributed by atoms with Crippen molar-refractivity contribution in [1.29, 1.82) is 0 Å². The molecule has 4 nitrogen and oxygen atoms in total. The molecule has 1 N–H and O–H groups in total. The third-order valence-electron chi connectivity index (χ3n) is 2.61. The maximum Gasteiger partial charge on any atom is 0.251 e. The molecule has 0 unspecified atom stereocenters. The summed E-state index contributed by atoms with van der Waals surface area (Å²) >= 11 is 1.13. The lowest BCUT2D eigenvalue weighted by molar-refractivity contribution is -0.645. The zero-order valence-corrected chi connectivity index (χ0v) is 11.6. The van der Waals surface area contributed by atoms with Gasteiger partial charge in [0.1, 0.15) is 5.82 Å². The molecule has 2 aromatic rings. The monoisotopic (exact) mass is 292 g/mol. The minimum Gasteiger partial charge on any atom is -0.618 e. The van der Waals surface area contributed by atoms with Crippen LogP contribution >= 0.6 is 11.8 Å². The number of aromatic nitrogens is 1. The van der Waals surface area contributed by atoms with E-state index in [1.807, 2.05) is 0 Å². The first-order valence-electron chi connectivity index (χ1n) is 5.93. The van der Waals surface area contributed by atoms with Crippen LogP contribution in [0.25, 0.3) is 0 Å². The summed E-state index contributed by atoms with van der Waals surface area (Å²) in [4.78, 5) is 11.8. The summed E-state index contributed by atoms with van der Waals surface area (Å²) < 4.78 is 13.8. The molecule has 0 spiro atoms. The van der Waals surface area contributed by atoms with Crippen molar-refractivity contribution in [2.45, 2.75) is 11.9 Å². The van der Waals surface area contributed by atoms with Crippen LogP contribution in [-0.2, 0) is 4.79 Å². The topological polar surface area (TPSA) is 56.0 Å². The number of carbonyl (C=O) groups excluding carboxylic acids is 1. The highest BCUT2D eigenvalue weighted by Crippen LogP contribution is 2.17. The van der Waals surface area contributed by atoms with Crippen molar-refractivity contribution in [2.75, 3.05) is 11.1 Å². The van der Waals surface area contributed by atoms with E-state index >= 15 is 0 Å². The van der Waals surface area contributed by atoms with E-state index in [9.17, 15) is 14.4 Å². The molecule has 0 radical (unpaired) electrons. The molecular weight excluding hydrogens is 279 g/mol. The van der Waals surface area contributed by atoms with Crippen molar-refractivity contribution in [2.24, 2.45) is 0 Å². The van der Waals surface area contributed by atoms with E-state index in [4.69, 9.17) is 0 Å². The maximum atomic E-state index is 13.1. The standard InChI is InChI=1S/C14H13FN2O2S/c1-10-5-6-11(15)8-12(10)16-13(18)9-20-14-4-2-3-7-17(14)19/h2-8H,9H2,1H3,(H,16,18). The molecule has 0 fully saturated rings. The summed E-state index contributed by atoms with van der Waals surface area (Å²) in [5.41, 5.74) is 1.22. The summed E-state index contributed by atoms with van der Waals surface area (Å²) in [5, 5.41) is 14.5. The first-order chi connectivity index (χ1) is 9.56. The van der Waals surface area contributed by atoms with Crippen molar-refractivity contribution in [3.05, 3.63) is 59.2 Å². The predicted octanol–water partition coefficient (Wildman–Crippen LogP) is 2.50. The van der Waals surface area contributed by atoms with Gasteiger partial charge in [-0.3, -0.25) is 4.79 Å². The highest BCUT2D eigenvalue weighted by molar-refractivity contribution is 7.99. The number of hydrogen-bond donors (Lipinski definition) is 1. The Labute approximate surface area is 120 Å². The molecule has 2 rings (SSSR count). The summed E-state index contributed by atoms with van der Waals surface area (Å²) in [6.45, 7) is 1.78. The zero-order chi connectivity index (χ0) is 14.5. The second-order valence-electron chi connectivity index (χ2n) is 4.16. The third-order valence-corrected chi connectivity index (χ3v) is 3.63. The minimum atomic E-state index is -0.404. The third kappa shape index (κ3) is 3.71. The van der Waals surface area contributed by atoms with Gasteiger partial charge in [-0.05, 0) is 42.4 Å². The number of pyridine rings is 1. The molecule has 104 valence electrons. The van der Waals surface area contributed by atoms with Crippen LogP contribution in [0.15, 0.2) is 47.6 Å². The number of thioether (sulfide) groups is 1. The van der Waals surface area contributed by atoms with Crippen LogP contribution in [0, 0.1) is 17.9 Å². The van der Waals surface area contributed by atoms with Crippen LogP contribution in [0.3, 0.4) is 0 Å². The Kier molecular flexibility index (Phi) is 4.57. The van der Waals surface area contributed by atoms with E-state index < -0.39 is 5.82 Å². The van der Waals surface area contributed by atoms with Crippen molar-refractivity contribution >= 4 is 23.4 Å². The SMILES string of the molecule is Cc1ccc(F)cc1NC(=O)CSc1cccc[n+]1[O-]. The lowest BCUT2D eigenvalue weighted by Crippen LogP contribution is -2.28. The van der Waals surface area contributed by atoms with E-state index in [0.29, 0.717) is 15.4 Å². The van der Waals surface area contributed by atoms with Crippen LogP contribution < -0.4 is 10.0 Å². The van der Waals surface area contributed by atoms with Gasteiger partial charge in [-0.1, -0.05) is 6.07 Å². The Morgan fingerprint density at radius 1 is 1.40 bits per heavy atom. The van der Waals surface area contributed by atoms with Crippen LogP contribution in [0.2, 0.25) is 0 Å². The number of halogens is 1. The Bertz CT molecular complexity index is 634. The van der Waals surface area contributed by atoms with Crippen molar-refractivity contribution in [1.82, 2.24) is 0 Å². The Morgan fingerprint density at radius 3 is 2.95 bits per heavy atom. The smallest absolute Gasteiger partial charge is 0.251 e. The first kappa shape index (κ1) is 14.3. The van der Waals surface area contributed by atoms with Gasteiger partial charge in [0.05, 0.1) is 5.75 Å². The van der Waals surface area contributed by atoms with E-state index in [1.165, 1.54) is 18.3 Å². The molecule has 0 bridgehead atoms. The lowest BCUT2D eigenvalue weighted by atomic mass is 10.2. The zero-order valence-electron chi connectivity index (χ0n) is 10.8. The fourth-order valence-electron chi connectivity index (χ4n) is 1.58. The van der Waals surface area contributed by atoms with Crippen LogP contribution in [0.5, 0.6) is 0 Å². The predicted molar refractivity (Wildman–Crippen MR) is 75.9 cm³/mol. The van der Waals surface area contributed by atoms with Gasteiger partial charge in [0.2, 0.25) is 5.91 Å². The lowest BCUT2D eigenvalue weighted by Gasteiger charge is -2.08. The second-order valence-corrected chi connectivity index (χ2v) is 5.16. The fraction of sp³-hybridized carbons (Fsp3) is 0.143. The van der Waals surface area contributed by atoms with Gasteiger partial charge in [-0.25, -0.2) is 4.39 Å². The number of nitrogens with zero attached hydrogens (tertiary/aromatic N) is 1. The molecule has 1 aromatic carbocycles. The number of benzene rings is 1. The van der Waals surface area contributed by atoms with Gasteiger partial charge >= 0.3 is 0 Å². The van der Waals surface area contributed by atoms with Crippen molar-refractivity contribution < 1.29 is 13.9 Å². The van der Waals surface area contributed by atoms with Gasteiger partial charge in [0, 0.05) is 17.8 Å². The van der Waals surface area contributed by atoms with E-state index in [2.05, 4.69) is 5.32 Å². The van der Waals surface area contributed by atoms with E-state index in [0.717, 1.165) is 17.3 Å². The number of amides is 1. The molecule has 6 heteroatoms. The number of nitrogens with one attached hydrogen (secondary N) is 1. The average Bonchev–Trinajstić information content (AvgIpc) is 2.42. The molecule has 20 heavy (non-hydrogen) atoms. The summed E-state index contributed by atoms with van der Waals surface area (Å²) in [5.74, 6) is -0.603. The van der Waals surface area contributed by atoms with Gasteiger partial charge < -0.3 is 10.5 Å². The maximum absolute atomic E-state index is 13.1. The van der Waals surface area contributed by atoms with Gasteiger partial charge in [0.15, 0.2) is 6.20 Å². The minimum absolute atomic E-state index is 0.0855. The number of aryl methyl sites for hydroxylation is 1. The quantitative estimate of drug-likeness (QED) is 0.535. The van der Waals surface area contributed by atoms with Gasteiger partial charge in [-0.2, -0.15) is 4.73 Å². The Hall–Kier alpha value is -2.08. The molecule has 1 heterocycles. The van der Waals surface area contributed by atoms with Crippen LogP contribution in [0.4, 0.5) is 10.1 Å². The number of rotatable bonds is 4. The average molecular weight is 292 g/mol. The Balaban J connectivity index is 1.96. The van der Waals surface area contributed by atoms with Gasteiger partial charge in [-0.15, -0.1) is 0 Å². The molecule has 1 amide bonds. The Morgan fingerprint density at radius 2 is 2.20 bits per heavy atom. The molecule has 0 aliphatic rings. The normalized spacial score (nSPS) is 10.3. The number of carbonyl (C=O) groups is 1. The molecule has 1 aromatic heterocycles.